The molecule has 6 rings (SSSR count). The first kappa shape index (κ1) is 25.7. The fourth-order valence-electron chi connectivity index (χ4n) is 6.01. The Morgan fingerprint density at radius 3 is 2.62 bits per heavy atom. The van der Waals surface area contributed by atoms with Crippen molar-refractivity contribution in [3.8, 4) is 16.9 Å². The number of ether oxygens (including phenoxy) is 1. The van der Waals surface area contributed by atoms with Crippen LogP contribution in [0.4, 0.5) is 16.0 Å². The van der Waals surface area contributed by atoms with Crippen molar-refractivity contribution in [1.82, 2.24) is 24.4 Å². The van der Waals surface area contributed by atoms with Crippen molar-refractivity contribution < 1.29 is 9.13 Å². The van der Waals surface area contributed by atoms with E-state index in [4.69, 9.17) is 9.72 Å². The Labute approximate surface area is 229 Å². The lowest BCUT2D eigenvalue weighted by atomic mass is 9.98. The highest BCUT2D eigenvalue weighted by atomic mass is 19.1. The third kappa shape index (κ3) is 5.10. The van der Waals surface area contributed by atoms with Crippen molar-refractivity contribution in [2.45, 2.75) is 58.9 Å². The summed E-state index contributed by atoms with van der Waals surface area (Å²) in [5.41, 5.74) is 4.40. The van der Waals surface area contributed by atoms with Crippen LogP contribution in [0.1, 0.15) is 51.4 Å². The van der Waals surface area contributed by atoms with E-state index < -0.39 is 0 Å². The molecule has 1 N–H and O–H groups in total. The second-order valence-corrected chi connectivity index (χ2v) is 11.6. The van der Waals surface area contributed by atoms with E-state index in [9.17, 15) is 0 Å². The Bertz CT molecular complexity index is 1490. The van der Waals surface area contributed by atoms with Crippen molar-refractivity contribution in [3.05, 3.63) is 59.9 Å². The zero-order valence-corrected chi connectivity index (χ0v) is 23.3. The van der Waals surface area contributed by atoms with Gasteiger partial charge in [0.2, 0.25) is 0 Å². The van der Waals surface area contributed by atoms with Crippen molar-refractivity contribution in [2.24, 2.45) is 5.92 Å². The molecule has 2 aliphatic rings. The van der Waals surface area contributed by atoms with Gasteiger partial charge >= 0.3 is 0 Å². The topological polar surface area (TPSA) is 68.1 Å². The van der Waals surface area contributed by atoms with E-state index >= 15 is 4.39 Å². The van der Waals surface area contributed by atoms with Gasteiger partial charge in [0.25, 0.3) is 0 Å². The van der Waals surface area contributed by atoms with Crippen LogP contribution >= 0.6 is 0 Å². The third-order valence-electron chi connectivity index (χ3n) is 8.38. The van der Waals surface area contributed by atoms with E-state index in [0.717, 1.165) is 72.8 Å². The number of benzene rings is 1. The lowest BCUT2D eigenvalue weighted by molar-refractivity contribution is 0.145. The fourth-order valence-corrected chi connectivity index (χ4v) is 6.01. The first-order valence-electron chi connectivity index (χ1n) is 14.1. The number of nitrogens with one attached hydrogen (secondary N) is 1. The minimum absolute atomic E-state index is 0.00708. The summed E-state index contributed by atoms with van der Waals surface area (Å²) < 4.78 is 23.4. The fraction of sp³-hybridized carbons (Fsp3) is 0.452. The number of aromatic nitrogens is 4. The Morgan fingerprint density at radius 2 is 1.87 bits per heavy atom. The average Bonchev–Trinajstić information content (AvgIpc) is 3.47. The third-order valence-corrected chi connectivity index (χ3v) is 8.38. The lowest BCUT2D eigenvalue weighted by Gasteiger charge is -2.30. The van der Waals surface area contributed by atoms with E-state index in [1.807, 2.05) is 25.1 Å². The normalized spacial score (nSPS) is 17.5. The highest BCUT2D eigenvalue weighted by Crippen LogP contribution is 2.38. The Balaban J connectivity index is 1.18. The molecule has 8 heteroatoms. The summed E-state index contributed by atoms with van der Waals surface area (Å²) in [6.45, 7) is 12.9. The molecule has 1 saturated heterocycles. The van der Waals surface area contributed by atoms with E-state index in [0.29, 0.717) is 23.1 Å². The molecular weight excluding hydrogens is 491 g/mol. The highest BCUT2D eigenvalue weighted by Gasteiger charge is 2.32. The number of hydrogen-bond donors (Lipinski definition) is 1. The molecule has 0 saturated carbocycles. The van der Waals surface area contributed by atoms with Crippen molar-refractivity contribution >= 4 is 22.7 Å². The molecule has 0 radical (unpaired) electrons. The van der Waals surface area contributed by atoms with Gasteiger partial charge in [-0.1, -0.05) is 6.92 Å². The van der Waals surface area contributed by atoms with Gasteiger partial charge in [0.15, 0.2) is 0 Å². The minimum Gasteiger partial charge on any atom is -0.492 e. The van der Waals surface area contributed by atoms with Gasteiger partial charge in [0, 0.05) is 17.5 Å². The van der Waals surface area contributed by atoms with Crippen molar-refractivity contribution in [2.75, 3.05) is 31.6 Å². The van der Waals surface area contributed by atoms with Crippen molar-refractivity contribution in [1.29, 1.82) is 0 Å². The van der Waals surface area contributed by atoms with Crippen LogP contribution in [0, 0.1) is 18.7 Å². The predicted octanol–water partition coefficient (Wildman–Crippen LogP) is 6.48. The number of aryl methyl sites for hydroxylation is 2. The molecule has 3 aromatic heterocycles. The van der Waals surface area contributed by atoms with E-state index in [2.05, 4.69) is 51.6 Å². The number of rotatable bonds is 7. The molecule has 39 heavy (non-hydrogen) atoms. The number of fused-ring (bicyclic) bond motifs is 3. The zero-order chi connectivity index (χ0) is 27.1. The average molecular weight is 529 g/mol. The Morgan fingerprint density at radius 1 is 1.08 bits per heavy atom. The summed E-state index contributed by atoms with van der Waals surface area (Å²) in [6, 6.07) is 9.60. The zero-order valence-electron chi connectivity index (χ0n) is 23.3. The second kappa shape index (κ2) is 10.2. The van der Waals surface area contributed by atoms with Gasteiger partial charge in [-0.15, -0.1) is 0 Å². The quantitative estimate of drug-likeness (QED) is 0.296. The smallest absolute Gasteiger partial charge is 0.149 e. The molecule has 5 heterocycles. The number of likely N-dealkylation sites (tertiary alicyclic amines) is 1. The van der Waals surface area contributed by atoms with Gasteiger partial charge < -0.3 is 19.5 Å². The minimum atomic E-state index is -0.360. The highest BCUT2D eigenvalue weighted by molar-refractivity contribution is 5.86. The van der Waals surface area contributed by atoms with Gasteiger partial charge in [0.05, 0.1) is 30.0 Å². The summed E-state index contributed by atoms with van der Waals surface area (Å²) in [5, 5.41) is 3.22. The Kier molecular flexibility index (Phi) is 6.75. The van der Waals surface area contributed by atoms with Crippen LogP contribution in [0.3, 0.4) is 0 Å². The van der Waals surface area contributed by atoms with Crippen LogP contribution in [0.25, 0.3) is 22.2 Å². The number of pyridine rings is 2. The molecule has 1 fully saturated rings. The molecule has 204 valence electrons. The molecule has 0 spiro atoms. The van der Waals surface area contributed by atoms with E-state index in [1.165, 1.54) is 19.0 Å². The van der Waals surface area contributed by atoms with E-state index in [-0.39, 0.29) is 11.4 Å². The molecule has 7 nitrogen and oxygen atoms in total. The summed E-state index contributed by atoms with van der Waals surface area (Å²) in [6.07, 6.45) is 7.36. The molecule has 0 bridgehead atoms. The predicted molar refractivity (Wildman–Crippen MR) is 153 cm³/mol. The van der Waals surface area contributed by atoms with Crippen molar-refractivity contribution in [3.63, 3.8) is 0 Å². The number of anilines is 2. The first-order valence-corrected chi connectivity index (χ1v) is 14.1. The monoisotopic (exact) mass is 528 g/mol. The molecule has 0 amide bonds. The maximum Gasteiger partial charge on any atom is 0.149 e. The molecule has 0 aliphatic carbocycles. The number of halogens is 1. The molecule has 1 aromatic carbocycles. The van der Waals surface area contributed by atoms with Crippen LogP contribution < -0.4 is 10.1 Å². The van der Waals surface area contributed by atoms with Gasteiger partial charge in [-0.3, -0.25) is 0 Å². The maximum absolute atomic E-state index is 15.1. The van der Waals surface area contributed by atoms with Crippen LogP contribution in [0.5, 0.6) is 5.75 Å². The van der Waals surface area contributed by atoms with Gasteiger partial charge in [-0.2, -0.15) is 0 Å². The van der Waals surface area contributed by atoms with E-state index in [1.54, 1.807) is 12.3 Å². The molecule has 0 unspecified atom stereocenters. The number of hydrogen-bond acceptors (Lipinski definition) is 6. The van der Waals surface area contributed by atoms with Crippen LogP contribution in [-0.4, -0.2) is 50.7 Å². The molecule has 2 aliphatic heterocycles. The van der Waals surface area contributed by atoms with Crippen LogP contribution in [0.2, 0.25) is 0 Å². The number of imidazole rings is 1. The largest absolute Gasteiger partial charge is 0.492 e. The second-order valence-electron chi connectivity index (χ2n) is 11.6. The van der Waals surface area contributed by atoms with Gasteiger partial charge in [-0.05, 0) is 107 Å². The lowest BCUT2D eigenvalue weighted by Crippen LogP contribution is -2.35. The SMILES string of the molecule is CCN1CCC(COc2ccc(Nc3cc(-c4cc(C)c5nc6n(c5c4)C(C)(C)CC6)c(F)cn3)nc2)CC1. The number of nitrogens with zero attached hydrogens (tertiary/aromatic N) is 5. The van der Waals surface area contributed by atoms with Crippen LogP contribution in [0.15, 0.2) is 42.7 Å². The van der Waals surface area contributed by atoms with Crippen LogP contribution in [-0.2, 0) is 12.0 Å². The molecule has 0 atom stereocenters. The summed E-state index contributed by atoms with van der Waals surface area (Å²) in [7, 11) is 0. The molecule has 4 aromatic rings. The summed E-state index contributed by atoms with van der Waals surface area (Å²) in [4.78, 5) is 16.2. The number of piperidine rings is 1. The van der Waals surface area contributed by atoms with Gasteiger partial charge in [-0.25, -0.2) is 19.3 Å². The first-order chi connectivity index (χ1) is 18.8. The molecular formula is C31H37FN6O. The maximum atomic E-state index is 15.1. The Hall–Kier alpha value is -3.52. The summed E-state index contributed by atoms with van der Waals surface area (Å²) in [5.74, 6) is 3.25. The van der Waals surface area contributed by atoms with Gasteiger partial charge in [0.1, 0.15) is 29.0 Å². The summed E-state index contributed by atoms with van der Waals surface area (Å²) >= 11 is 0. The standard InChI is InChI=1S/C31H37FN6O/c1-5-37-12-9-21(10-13-37)19-39-23-6-7-27(33-17-23)35-28-16-24(25(32)18-34-28)22-14-20(2)30-26(15-22)38-29(36-30)8-11-31(38,3)4/h6-7,14-18,21H,5,8-13,19H2,1-4H3,(H,33,34,35).